The van der Waals surface area contributed by atoms with E-state index >= 15 is 0 Å². The normalized spacial score (nSPS) is 11.4. The highest BCUT2D eigenvalue weighted by Crippen LogP contribution is 2.25. The van der Waals surface area contributed by atoms with Crippen molar-refractivity contribution in [1.82, 2.24) is 0 Å². The van der Waals surface area contributed by atoms with E-state index < -0.39 is 15.7 Å². The highest BCUT2D eigenvalue weighted by Gasteiger charge is 2.18. The number of rotatable bonds is 4. The topological polar surface area (TPSA) is 63.4 Å². The molecule has 0 radical (unpaired) electrons. The first-order chi connectivity index (χ1) is 9.77. The molecule has 0 spiro atoms. The summed E-state index contributed by atoms with van der Waals surface area (Å²) in [5, 5.41) is 1.86. The number of halogens is 2. The molecule has 4 nitrogen and oxygen atoms in total. The second-order valence-corrected chi connectivity index (χ2v) is 7.06. The highest BCUT2D eigenvalue weighted by molar-refractivity contribution is 7.90. The number of sulfone groups is 1. The van der Waals surface area contributed by atoms with E-state index in [0.717, 1.165) is 17.9 Å². The lowest BCUT2D eigenvalue weighted by molar-refractivity contribution is 0.595. The molecule has 21 heavy (non-hydrogen) atoms. The van der Waals surface area contributed by atoms with Crippen molar-refractivity contribution in [3.8, 4) is 0 Å². The van der Waals surface area contributed by atoms with Crippen LogP contribution in [0.1, 0.15) is 5.56 Å². The number of hydrazine groups is 1. The SMILES string of the molecule is CS(=O)(=O)c1cc(F)ccc1N(N)Cc1ccc(Cl)cc1. The maximum Gasteiger partial charge on any atom is 0.177 e. The molecule has 2 N–H and O–H groups in total. The summed E-state index contributed by atoms with van der Waals surface area (Å²) < 4.78 is 36.8. The molecule has 7 heteroatoms. The minimum Gasteiger partial charge on any atom is -0.305 e. The highest BCUT2D eigenvalue weighted by atomic mass is 35.5. The predicted octanol–water partition coefficient (Wildman–Crippen LogP) is 2.76. The zero-order chi connectivity index (χ0) is 15.6. The Morgan fingerprint density at radius 3 is 2.38 bits per heavy atom. The van der Waals surface area contributed by atoms with Crippen molar-refractivity contribution in [3.63, 3.8) is 0 Å². The molecular formula is C14H14ClFN2O2S. The Kier molecular flexibility index (Phi) is 4.51. The third-order valence-electron chi connectivity index (χ3n) is 2.90. The van der Waals surface area contributed by atoms with E-state index in [1.54, 1.807) is 24.3 Å². The molecule has 0 unspecified atom stereocenters. The van der Waals surface area contributed by atoms with E-state index in [0.29, 0.717) is 5.02 Å². The van der Waals surface area contributed by atoms with Gasteiger partial charge in [0, 0.05) is 11.3 Å². The average molecular weight is 329 g/mol. The number of nitrogens with zero attached hydrogens (tertiary/aromatic N) is 1. The molecule has 0 fully saturated rings. The van der Waals surface area contributed by atoms with Gasteiger partial charge < -0.3 is 5.01 Å². The van der Waals surface area contributed by atoms with Gasteiger partial charge in [-0.2, -0.15) is 0 Å². The van der Waals surface area contributed by atoms with E-state index in [9.17, 15) is 12.8 Å². The molecule has 0 heterocycles. The van der Waals surface area contributed by atoms with Gasteiger partial charge in [-0.3, -0.25) is 0 Å². The molecule has 0 saturated heterocycles. The Morgan fingerprint density at radius 1 is 1.19 bits per heavy atom. The molecule has 0 amide bonds. The van der Waals surface area contributed by atoms with Gasteiger partial charge in [0.1, 0.15) is 5.82 Å². The number of hydrogen-bond acceptors (Lipinski definition) is 4. The molecule has 0 aliphatic rings. The molecule has 0 bridgehead atoms. The molecule has 2 aromatic rings. The van der Waals surface area contributed by atoms with Crippen molar-refractivity contribution in [2.45, 2.75) is 11.4 Å². The van der Waals surface area contributed by atoms with Gasteiger partial charge >= 0.3 is 0 Å². The quantitative estimate of drug-likeness (QED) is 0.692. The van der Waals surface area contributed by atoms with Crippen LogP contribution in [0.4, 0.5) is 10.1 Å². The van der Waals surface area contributed by atoms with Gasteiger partial charge in [0.15, 0.2) is 9.84 Å². The van der Waals surface area contributed by atoms with Crippen LogP contribution in [0, 0.1) is 5.82 Å². The maximum atomic E-state index is 13.3. The fourth-order valence-electron chi connectivity index (χ4n) is 1.89. The zero-order valence-electron chi connectivity index (χ0n) is 11.3. The van der Waals surface area contributed by atoms with Crippen LogP contribution in [0.25, 0.3) is 0 Å². The van der Waals surface area contributed by atoms with Crippen LogP contribution in [0.3, 0.4) is 0 Å². The van der Waals surface area contributed by atoms with E-state index in [-0.39, 0.29) is 17.1 Å². The first kappa shape index (κ1) is 15.8. The lowest BCUT2D eigenvalue weighted by Crippen LogP contribution is -2.31. The predicted molar refractivity (Wildman–Crippen MR) is 81.3 cm³/mol. The van der Waals surface area contributed by atoms with Crippen molar-refractivity contribution in [1.29, 1.82) is 0 Å². The van der Waals surface area contributed by atoms with Crippen LogP contribution in [0.2, 0.25) is 5.02 Å². The molecule has 0 aliphatic carbocycles. The molecule has 2 rings (SSSR count). The van der Waals surface area contributed by atoms with E-state index in [4.69, 9.17) is 17.4 Å². The summed E-state index contributed by atoms with van der Waals surface area (Å²) >= 11 is 5.80. The van der Waals surface area contributed by atoms with E-state index in [1.807, 2.05) is 0 Å². The summed E-state index contributed by atoms with van der Waals surface area (Å²) in [6.45, 7) is 0.269. The number of hydrogen-bond donors (Lipinski definition) is 1. The van der Waals surface area contributed by atoms with Crippen LogP contribution in [0.15, 0.2) is 47.4 Å². The van der Waals surface area contributed by atoms with Crippen LogP contribution >= 0.6 is 11.6 Å². The monoisotopic (exact) mass is 328 g/mol. The number of nitrogens with two attached hydrogens (primary N) is 1. The molecule has 0 saturated carbocycles. The zero-order valence-corrected chi connectivity index (χ0v) is 12.8. The Balaban J connectivity index is 2.35. The number of benzene rings is 2. The molecule has 0 aromatic heterocycles. The standard InChI is InChI=1S/C14H14ClFN2O2S/c1-21(19,20)14-8-12(16)6-7-13(14)18(17)9-10-2-4-11(15)5-3-10/h2-8H,9,17H2,1H3. The summed E-state index contributed by atoms with van der Waals surface area (Å²) in [5.41, 5.74) is 1.10. The van der Waals surface area contributed by atoms with Gasteiger partial charge in [0.2, 0.25) is 0 Å². The minimum atomic E-state index is -3.58. The summed E-state index contributed by atoms with van der Waals surface area (Å²) in [5.74, 6) is 5.30. The van der Waals surface area contributed by atoms with Gasteiger partial charge in [-0.25, -0.2) is 18.7 Å². The van der Waals surface area contributed by atoms with E-state index in [2.05, 4.69) is 0 Å². The smallest absolute Gasteiger partial charge is 0.177 e. The first-order valence-electron chi connectivity index (χ1n) is 6.03. The lowest BCUT2D eigenvalue weighted by Gasteiger charge is -2.21. The molecule has 112 valence electrons. The Labute approximate surface area is 127 Å². The Bertz CT molecular complexity index is 748. The van der Waals surface area contributed by atoms with Crippen molar-refractivity contribution in [3.05, 3.63) is 58.9 Å². The third-order valence-corrected chi connectivity index (χ3v) is 4.27. The average Bonchev–Trinajstić information content (AvgIpc) is 2.40. The van der Waals surface area contributed by atoms with E-state index in [1.165, 1.54) is 17.1 Å². The molecule has 0 atom stereocenters. The molecular weight excluding hydrogens is 315 g/mol. The Hall–Kier alpha value is -1.63. The van der Waals surface area contributed by atoms with Crippen LogP contribution in [0.5, 0.6) is 0 Å². The van der Waals surface area contributed by atoms with Gasteiger partial charge in [-0.05, 0) is 35.9 Å². The van der Waals surface area contributed by atoms with Crippen molar-refractivity contribution in [2.24, 2.45) is 5.84 Å². The Morgan fingerprint density at radius 2 is 1.81 bits per heavy atom. The van der Waals surface area contributed by atoms with Gasteiger partial charge in [-0.15, -0.1) is 0 Å². The van der Waals surface area contributed by atoms with Gasteiger partial charge in [0.25, 0.3) is 0 Å². The van der Waals surface area contributed by atoms with Crippen molar-refractivity contribution < 1.29 is 12.8 Å². The first-order valence-corrected chi connectivity index (χ1v) is 8.30. The van der Waals surface area contributed by atoms with Gasteiger partial charge in [-0.1, -0.05) is 23.7 Å². The molecule has 2 aromatic carbocycles. The maximum absolute atomic E-state index is 13.3. The minimum absolute atomic E-state index is 0.140. The lowest BCUT2D eigenvalue weighted by atomic mass is 10.2. The summed E-state index contributed by atoms with van der Waals surface area (Å²) in [7, 11) is -3.58. The fraction of sp³-hybridized carbons (Fsp3) is 0.143. The number of anilines is 1. The third kappa shape index (κ3) is 3.93. The van der Waals surface area contributed by atoms with Crippen LogP contribution < -0.4 is 10.9 Å². The largest absolute Gasteiger partial charge is 0.305 e. The van der Waals surface area contributed by atoms with Crippen molar-refractivity contribution >= 4 is 27.1 Å². The second kappa shape index (κ2) is 6.01. The van der Waals surface area contributed by atoms with Crippen LogP contribution in [-0.2, 0) is 16.4 Å². The summed E-state index contributed by atoms with van der Waals surface area (Å²) in [4.78, 5) is -0.140. The summed E-state index contributed by atoms with van der Waals surface area (Å²) in [6, 6.07) is 10.5. The van der Waals surface area contributed by atoms with Crippen molar-refractivity contribution in [2.75, 3.05) is 11.3 Å². The summed E-state index contributed by atoms with van der Waals surface area (Å²) in [6.07, 6.45) is 1.02. The van der Waals surface area contributed by atoms with Gasteiger partial charge in [0.05, 0.1) is 17.1 Å². The fourth-order valence-corrected chi connectivity index (χ4v) is 2.91. The second-order valence-electron chi connectivity index (χ2n) is 4.64. The molecule has 0 aliphatic heterocycles. The van der Waals surface area contributed by atoms with Crippen LogP contribution in [-0.4, -0.2) is 14.7 Å².